The van der Waals surface area contributed by atoms with Crippen molar-refractivity contribution in [1.29, 1.82) is 0 Å². The van der Waals surface area contributed by atoms with Crippen LogP contribution in [0.25, 0.3) is 0 Å². The van der Waals surface area contributed by atoms with Crippen LogP contribution in [0.4, 0.5) is 0 Å². The van der Waals surface area contributed by atoms with Crippen LogP contribution in [0.3, 0.4) is 0 Å². The van der Waals surface area contributed by atoms with Gasteiger partial charge in [0, 0.05) is 20.8 Å². The van der Waals surface area contributed by atoms with Crippen molar-refractivity contribution in [3.8, 4) is 11.5 Å². The number of nitrogens with one attached hydrogen (secondary N) is 1. The van der Waals surface area contributed by atoms with Crippen molar-refractivity contribution < 1.29 is 18.9 Å². The lowest BCUT2D eigenvalue weighted by Gasteiger charge is -2.22. The average Bonchev–Trinajstić information content (AvgIpc) is 2.45. The van der Waals surface area contributed by atoms with Crippen LogP contribution in [0, 0.1) is 0 Å². The van der Waals surface area contributed by atoms with Crippen LogP contribution >= 0.6 is 11.6 Å². The Morgan fingerprint density at radius 1 is 1.10 bits per heavy atom. The van der Waals surface area contributed by atoms with Crippen molar-refractivity contribution in [2.75, 3.05) is 28.4 Å². The van der Waals surface area contributed by atoms with Gasteiger partial charge in [-0.05, 0) is 24.6 Å². The van der Waals surface area contributed by atoms with Gasteiger partial charge < -0.3 is 24.3 Å². The van der Waals surface area contributed by atoms with Gasteiger partial charge in [-0.25, -0.2) is 0 Å². The highest BCUT2D eigenvalue weighted by Crippen LogP contribution is 2.35. The molecule has 0 fully saturated rings. The van der Waals surface area contributed by atoms with Gasteiger partial charge in [0.1, 0.15) is 0 Å². The van der Waals surface area contributed by atoms with E-state index in [2.05, 4.69) is 5.32 Å². The van der Waals surface area contributed by atoms with Crippen molar-refractivity contribution in [3.63, 3.8) is 0 Å². The van der Waals surface area contributed by atoms with E-state index in [4.69, 9.17) is 30.5 Å². The van der Waals surface area contributed by atoms with E-state index in [1.165, 1.54) is 0 Å². The number of methoxy groups -OCH3 is 4. The van der Waals surface area contributed by atoms with Crippen molar-refractivity contribution in [2.45, 2.75) is 25.8 Å². The first kappa shape index (κ1) is 17.0. The van der Waals surface area contributed by atoms with Gasteiger partial charge in [0.25, 0.3) is 0 Å². The normalized spacial score (nSPS) is 12.6. The maximum absolute atomic E-state index is 6.16. The van der Waals surface area contributed by atoms with Gasteiger partial charge >= 0.3 is 0 Å². The van der Waals surface area contributed by atoms with Gasteiger partial charge in [-0.3, -0.25) is 0 Å². The molecule has 0 spiro atoms. The molecule has 1 N–H and O–H groups in total. The van der Waals surface area contributed by atoms with Gasteiger partial charge in [0.05, 0.1) is 25.3 Å². The number of rotatable bonds is 8. The zero-order valence-electron chi connectivity index (χ0n) is 12.5. The average molecular weight is 304 g/mol. The minimum absolute atomic E-state index is 0.0388. The molecule has 0 aliphatic heterocycles. The molecule has 20 heavy (non-hydrogen) atoms. The van der Waals surface area contributed by atoms with E-state index in [9.17, 15) is 0 Å². The molecule has 0 amide bonds. The van der Waals surface area contributed by atoms with E-state index < -0.39 is 0 Å². The molecule has 0 heterocycles. The van der Waals surface area contributed by atoms with E-state index in [1.807, 2.05) is 19.1 Å². The van der Waals surface area contributed by atoms with Gasteiger partial charge in [-0.15, -0.1) is 0 Å². The molecule has 1 atom stereocenters. The molecule has 0 aliphatic rings. The third kappa shape index (κ3) is 4.24. The molecule has 5 nitrogen and oxygen atoms in total. The van der Waals surface area contributed by atoms with Gasteiger partial charge in [-0.1, -0.05) is 11.6 Å². The Hall–Kier alpha value is -1.01. The summed E-state index contributed by atoms with van der Waals surface area (Å²) in [7, 11) is 6.37. The summed E-state index contributed by atoms with van der Waals surface area (Å²) >= 11 is 6.16. The monoisotopic (exact) mass is 303 g/mol. The Kier molecular flexibility index (Phi) is 7.09. The van der Waals surface area contributed by atoms with Crippen LogP contribution in [0.2, 0.25) is 5.02 Å². The summed E-state index contributed by atoms with van der Waals surface area (Å²) in [5.74, 6) is 1.15. The Bertz CT molecular complexity index is 424. The first-order valence-corrected chi connectivity index (χ1v) is 6.64. The topological polar surface area (TPSA) is 49.0 Å². The summed E-state index contributed by atoms with van der Waals surface area (Å²) in [5.41, 5.74) is 0.991. The molecule has 0 bridgehead atoms. The van der Waals surface area contributed by atoms with E-state index in [0.29, 0.717) is 23.1 Å². The quantitative estimate of drug-likeness (QED) is 0.748. The highest BCUT2D eigenvalue weighted by Gasteiger charge is 2.16. The number of hydrogen-bond acceptors (Lipinski definition) is 5. The third-order valence-electron chi connectivity index (χ3n) is 2.99. The SMILES string of the molecule is COc1cc(CNC(C)C(OC)OC)cc(Cl)c1OC. The Balaban J connectivity index is 2.76. The van der Waals surface area contributed by atoms with Crippen LogP contribution in [0.5, 0.6) is 11.5 Å². The van der Waals surface area contributed by atoms with E-state index >= 15 is 0 Å². The molecule has 1 aromatic carbocycles. The summed E-state index contributed by atoms with van der Waals surface area (Å²) in [6.07, 6.45) is -0.300. The smallest absolute Gasteiger partial charge is 0.179 e. The number of ether oxygens (including phenoxy) is 4. The Morgan fingerprint density at radius 3 is 2.25 bits per heavy atom. The molecule has 6 heteroatoms. The van der Waals surface area contributed by atoms with Gasteiger partial charge in [0.2, 0.25) is 0 Å². The molecule has 0 saturated heterocycles. The fourth-order valence-electron chi connectivity index (χ4n) is 1.95. The van der Waals surface area contributed by atoms with Crippen LogP contribution < -0.4 is 14.8 Å². The van der Waals surface area contributed by atoms with E-state index in [-0.39, 0.29) is 12.3 Å². The second kappa shape index (κ2) is 8.32. The van der Waals surface area contributed by atoms with Crippen molar-refractivity contribution >= 4 is 11.6 Å². The molecular formula is C14H22ClNO4. The molecule has 0 radical (unpaired) electrons. The second-order valence-electron chi connectivity index (χ2n) is 4.32. The lowest BCUT2D eigenvalue weighted by molar-refractivity contribution is -0.119. The number of benzene rings is 1. The first-order valence-electron chi connectivity index (χ1n) is 6.26. The van der Waals surface area contributed by atoms with Gasteiger partial charge in [0.15, 0.2) is 17.8 Å². The summed E-state index contributed by atoms with van der Waals surface area (Å²) in [6, 6.07) is 3.77. The molecule has 0 aliphatic carbocycles. The Labute approximate surface area is 125 Å². The minimum Gasteiger partial charge on any atom is -0.493 e. The second-order valence-corrected chi connectivity index (χ2v) is 4.73. The highest BCUT2D eigenvalue weighted by molar-refractivity contribution is 6.32. The lowest BCUT2D eigenvalue weighted by Crippen LogP contribution is -2.39. The van der Waals surface area contributed by atoms with E-state index in [0.717, 1.165) is 5.56 Å². The maximum atomic E-state index is 6.16. The predicted molar refractivity (Wildman–Crippen MR) is 78.7 cm³/mol. The van der Waals surface area contributed by atoms with E-state index in [1.54, 1.807) is 28.4 Å². The van der Waals surface area contributed by atoms with Crippen molar-refractivity contribution in [1.82, 2.24) is 5.32 Å². The largest absolute Gasteiger partial charge is 0.493 e. The zero-order valence-corrected chi connectivity index (χ0v) is 13.3. The number of hydrogen-bond donors (Lipinski definition) is 1. The predicted octanol–water partition coefficient (Wildman–Crippen LogP) is 2.45. The number of halogens is 1. The van der Waals surface area contributed by atoms with Crippen molar-refractivity contribution in [3.05, 3.63) is 22.7 Å². The maximum Gasteiger partial charge on any atom is 0.179 e. The van der Waals surface area contributed by atoms with Crippen LogP contribution in [0.1, 0.15) is 12.5 Å². The van der Waals surface area contributed by atoms with Crippen LogP contribution in [-0.4, -0.2) is 40.8 Å². The summed E-state index contributed by atoms with van der Waals surface area (Å²) in [6.45, 7) is 2.60. The molecule has 1 aromatic rings. The third-order valence-corrected chi connectivity index (χ3v) is 3.28. The van der Waals surface area contributed by atoms with Crippen LogP contribution in [0.15, 0.2) is 12.1 Å². The molecule has 0 aromatic heterocycles. The lowest BCUT2D eigenvalue weighted by atomic mass is 10.2. The standard InChI is InChI=1S/C14H22ClNO4/c1-9(14(19-4)20-5)16-8-10-6-11(15)13(18-3)12(7-10)17-2/h6-7,9,14,16H,8H2,1-5H3. The minimum atomic E-state index is -0.300. The molecule has 0 saturated carbocycles. The molecule has 1 unspecified atom stereocenters. The highest BCUT2D eigenvalue weighted by atomic mass is 35.5. The molecule has 1 rings (SSSR count). The van der Waals surface area contributed by atoms with Crippen LogP contribution in [-0.2, 0) is 16.0 Å². The summed E-state index contributed by atoms with van der Waals surface area (Å²) in [4.78, 5) is 0. The first-order chi connectivity index (χ1) is 9.57. The summed E-state index contributed by atoms with van der Waals surface area (Å²) in [5, 5.41) is 3.83. The van der Waals surface area contributed by atoms with Crippen molar-refractivity contribution in [2.24, 2.45) is 0 Å². The molecular weight excluding hydrogens is 282 g/mol. The van der Waals surface area contributed by atoms with Gasteiger partial charge in [-0.2, -0.15) is 0 Å². The Morgan fingerprint density at radius 2 is 1.75 bits per heavy atom. The zero-order chi connectivity index (χ0) is 15.1. The fraction of sp³-hybridized carbons (Fsp3) is 0.571. The fourth-order valence-corrected chi connectivity index (χ4v) is 2.26. The molecule has 114 valence electrons. The summed E-state index contributed by atoms with van der Waals surface area (Å²) < 4.78 is 20.9.